The lowest BCUT2D eigenvalue weighted by Crippen LogP contribution is -2.46. The molecule has 0 bridgehead atoms. The SMILES string of the molecule is Cc1ccc([C@@H](CNC(=O)N2CCc3ccccc32)N2CCOCC2)o1. The fourth-order valence-electron chi connectivity index (χ4n) is 3.76. The lowest BCUT2D eigenvalue weighted by atomic mass is 10.1. The van der Waals surface area contributed by atoms with Crippen LogP contribution in [0.25, 0.3) is 0 Å². The van der Waals surface area contributed by atoms with Gasteiger partial charge in [0.15, 0.2) is 0 Å². The number of benzene rings is 1. The van der Waals surface area contributed by atoms with Gasteiger partial charge in [-0.15, -0.1) is 0 Å². The van der Waals surface area contributed by atoms with Crippen molar-refractivity contribution < 1.29 is 13.9 Å². The average Bonchev–Trinajstić information content (AvgIpc) is 3.29. The Balaban J connectivity index is 1.45. The molecule has 1 saturated heterocycles. The number of carbonyl (C=O) groups excluding carboxylic acids is 1. The van der Waals surface area contributed by atoms with Gasteiger partial charge >= 0.3 is 6.03 Å². The number of urea groups is 1. The van der Waals surface area contributed by atoms with Crippen molar-refractivity contribution in [3.63, 3.8) is 0 Å². The Bertz CT molecular complexity index is 767. The topological polar surface area (TPSA) is 58.0 Å². The molecule has 1 aromatic carbocycles. The largest absolute Gasteiger partial charge is 0.465 e. The molecule has 1 fully saturated rings. The van der Waals surface area contributed by atoms with Crippen LogP contribution in [0.2, 0.25) is 0 Å². The third-order valence-electron chi connectivity index (χ3n) is 5.15. The summed E-state index contributed by atoms with van der Waals surface area (Å²) in [5.41, 5.74) is 2.25. The number of aryl methyl sites for hydroxylation is 1. The van der Waals surface area contributed by atoms with Crippen LogP contribution in [0.1, 0.15) is 23.1 Å². The molecule has 3 heterocycles. The maximum absolute atomic E-state index is 12.8. The van der Waals surface area contributed by atoms with Crippen molar-refractivity contribution in [2.24, 2.45) is 0 Å². The number of furan rings is 1. The van der Waals surface area contributed by atoms with Crippen molar-refractivity contribution in [1.29, 1.82) is 0 Å². The van der Waals surface area contributed by atoms with Crippen molar-refractivity contribution in [2.45, 2.75) is 19.4 Å². The summed E-state index contributed by atoms with van der Waals surface area (Å²) in [4.78, 5) is 16.9. The molecule has 1 aromatic heterocycles. The highest BCUT2D eigenvalue weighted by Gasteiger charge is 2.28. The van der Waals surface area contributed by atoms with Crippen molar-refractivity contribution in [3.05, 3.63) is 53.5 Å². The number of hydrogen-bond donors (Lipinski definition) is 1. The summed E-state index contributed by atoms with van der Waals surface area (Å²) in [5, 5.41) is 3.12. The number of ether oxygens (including phenoxy) is 1. The molecule has 26 heavy (non-hydrogen) atoms. The first kappa shape index (κ1) is 17.1. The zero-order chi connectivity index (χ0) is 17.9. The average molecular weight is 355 g/mol. The van der Waals surface area contributed by atoms with Gasteiger partial charge in [0.1, 0.15) is 11.5 Å². The van der Waals surface area contributed by atoms with Crippen molar-refractivity contribution >= 4 is 11.7 Å². The van der Waals surface area contributed by atoms with E-state index in [4.69, 9.17) is 9.15 Å². The molecule has 1 N–H and O–H groups in total. The molecule has 2 amide bonds. The van der Waals surface area contributed by atoms with Crippen LogP contribution in [0.5, 0.6) is 0 Å². The van der Waals surface area contributed by atoms with Gasteiger partial charge in [0.2, 0.25) is 0 Å². The molecular formula is C20H25N3O3. The van der Waals surface area contributed by atoms with Gasteiger partial charge in [0, 0.05) is 31.9 Å². The number of nitrogens with one attached hydrogen (secondary N) is 1. The van der Waals surface area contributed by atoms with Gasteiger partial charge in [-0.05, 0) is 37.1 Å². The third-order valence-corrected chi connectivity index (χ3v) is 5.15. The molecule has 2 aliphatic rings. The lowest BCUT2D eigenvalue weighted by molar-refractivity contribution is 0.0122. The zero-order valence-corrected chi connectivity index (χ0v) is 15.1. The molecule has 0 radical (unpaired) electrons. The van der Waals surface area contributed by atoms with E-state index in [2.05, 4.69) is 16.3 Å². The molecule has 2 aromatic rings. The highest BCUT2D eigenvalue weighted by molar-refractivity contribution is 5.94. The summed E-state index contributed by atoms with van der Waals surface area (Å²) in [6.45, 7) is 6.30. The fraction of sp³-hybridized carbons (Fsp3) is 0.450. The van der Waals surface area contributed by atoms with E-state index in [0.29, 0.717) is 19.8 Å². The van der Waals surface area contributed by atoms with E-state index in [1.54, 1.807) is 0 Å². The van der Waals surface area contributed by atoms with Gasteiger partial charge in [-0.1, -0.05) is 18.2 Å². The summed E-state index contributed by atoms with van der Waals surface area (Å²) < 4.78 is 11.3. The normalized spacial score (nSPS) is 18.6. The second-order valence-electron chi connectivity index (χ2n) is 6.83. The minimum atomic E-state index is -0.0449. The molecule has 0 spiro atoms. The Morgan fingerprint density at radius 3 is 2.73 bits per heavy atom. The molecule has 2 aliphatic heterocycles. The van der Waals surface area contributed by atoms with E-state index < -0.39 is 0 Å². The summed E-state index contributed by atoms with van der Waals surface area (Å²) in [5.74, 6) is 1.78. The molecule has 6 heteroatoms. The van der Waals surface area contributed by atoms with Crippen LogP contribution < -0.4 is 10.2 Å². The second-order valence-corrected chi connectivity index (χ2v) is 6.83. The first-order chi connectivity index (χ1) is 12.7. The minimum absolute atomic E-state index is 0.0226. The molecule has 0 aliphatic carbocycles. The molecule has 0 saturated carbocycles. The van der Waals surface area contributed by atoms with Crippen LogP contribution in [0.15, 0.2) is 40.8 Å². The number of nitrogens with zero attached hydrogens (tertiary/aromatic N) is 2. The van der Waals surface area contributed by atoms with E-state index in [1.807, 2.05) is 42.2 Å². The van der Waals surface area contributed by atoms with E-state index in [1.165, 1.54) is 5.56 Å². The highest BCUT2D eigenvalue weighted by Crippen LogP contribution is 2.28. The van der Waals surface area contributed by atoms with Crippen LogP contribution in [-0.2, 0) is 11.2 Å². The monoisotopic (exact) mass is 355 g/mol. The second kappa shape index (κ2) is 7.51. The summed E-state index contributed by atoms with van der Waals surface area (Å²) in [6.07, 6.45) is 0.911. The molecule has 1 atom stereocenters. The first-order valence-corrected chi connectivity index (χ1v) is 9.24. The van der Waals surface area contributed by atoms with Gasteiger partial charge in [0.05, 0.1) is 19.3 Å². The Hall–Kier alpha value is -2.31. The Labute approximate surface area is 153 Å². The van der Waals surface area contributed by atoms with Gasteiger partial charge in [-0.2, -0.15) is 0 Å². The van der Waals surface area contributed by atoms with Crippen LogP contribution in [0.3, 0.4) is 0 Å². The van der Waals surface area contributed by atoms with Crippen LogP contribution >= 0.6 is 0 Å². The van der Waals surface area contributed by atoms with Crippen LogP contribution in [-0.4, -0.2) is 50.3 Å². The zero-order valence-electron chi connectivity index (χ0n) is 15.1. The van der Waals surface area contributed by atoms with Crippen molar-refractivity contribution in [3.8, 4) is 0 Å². The summed E-state index contributed by atoms with van der Waals surface area (Å²) in [7, 11) is 0. The van der Waals surface area contributed by atoms with E-state index in [-0.39, 0.29) is 12.1 Å². The number of anilines is 1. The number of amides is 2. The molecule has 4 rings (SSSR count). The maximum Gasteiger partial charge on any atom is 0.321 e. The quantitative estimate of drug-likeness (QED) is 0.916. The summed E-state index contributed by atoms with van der Waals surface area (Å²) >= 11 is 0. The number of morpholine rings is 1. The number of fused-ring (bicyclic) bond motifs is 1. The predicted octanol–water partition coefficient (Wildman–Crippen LogP) is 2.73. The van der Waals surface area contributed by atoms with Gasteiger partial charge in [-0.3, -0.25) is 9.80 Å². The number of rotatable bonds is 4. The van der Waals surface area contributed by atoms with Crippen molar-refractivity contribution in [1.82, 2.24) is 10.2 Å². The molecular weight excluding hydrogens is 330 g/mol. The highest BCUT2D eigenvalue weighted by atomic mass is 16.5. The Morgan fingerprint density at radius 1 is 1.15 bits per heavy atom. The number of hydrogen-bond acceptors (Lipinski definition) is 4. The van der Waals surface area contributed by atoms with Crippen LogP contribution in [0.4, 0.5) is 10.5 Å². The molecule has 6 nitrogen and oxygen atoms in total. The van der Waals surface area contributed by atoms with Gasteiger partial charge in [-0.25, -0.2) is 4.79 Å². The standard InChI is InChI=1S/C20H25N3O3/c1-15-6-7-19(26-15)18(22-10-12-25-13-11-22)14-21-20(24)23-9-8-16-4-2-3-5-17(16)23/h2-7,18H,8-14H2,1H3,(H,21,24)/t18-/m1/s1. The van der Waals surface area contributed by atoms with E-state index >= 15 is 0 Å². The number of carbonyl (C=O) groups is 1. The Morgan fingerprint density at radius 2 is 1.96 bits per heavy atom. The predicted molar refractivity (Wildman–Crippen MR) is 99.5 cm³/mol. The lowest BCUT2D eigenvalue weighted by Gasteiger charge is -2.33. The fourth-order valence-corrected chi connectivity index (χ4v) is 3.76. The third kappa shape index (κ3) is 3.48. The molecule has 138 valence electrons. The Kier molecular flexibility index (Phi) is 4.95. The summed E-state index contributed by atoms with van der Waals surface area (Å²) in [6, 6.07) is 12.1. The van der Waals surface area contributed by atoms with Gasteiger partial charge < -0.3 is 14.5 Å². The van der Waals surface area contributed by atoms with E-state index in [0.717, 1.165) is 43.3 Å². The number of para-hydroxylation sites is 1. The van der Waals surface area contributed by atoms with Crippen LogP contribution in [0, 0.1) is 6.92 Å². The maximum atomic E-state index is 12.8. The van der Waals surface area contributed by atoms with Gasteiger partial charge in [0.25, 0.3) is 0 Å². The first-order valence-electron chi connectivity index (χ1n) is 9.24. The van der Waals surface area contributed by atoms with Crippen molar-refractivity contribution in [2.75, 3.05) is 44.3 Å². The van der Waals surface area contributed by atoms with E-state index in [9.17, 15) is 4.79 Å². The smallest absolute Gasteiger partial charge is 0.321 e. The minimum Gasteiger partial charge on any atom is -0.465 e. The molecule has 0 unspecified atom stereocenters.